The first-order valence-electron chi connectivity index (χ1n) is 4.38. The Balaban J connectivity index is 2.66. The van der Waals surface area contributed by atoms with Crippen molar-refractivity contribution < 1.29 is 9.32 Å². The fourth-order valence-corrected chi connectivity index (χ4v) is 2.21. The lowest BCUT2D eigenvalue weighted by atomic mass is 10.1. The van der Waals surface area contributed by atoms with Crippen LogP contribution in [0.2, 0.25) is 5.15 Å². The molecule has 0 saturated heterocycles. The topological polar surface area (TPSA) is 62.2 Å². The van der Waals surface area contributed by atoms with E-state index in [4.69, 9.17) is 11.6 Å². The van der Waals surface area contributed by atoms with Gasteiger partial charge in [0.05, 0.1) is 10.5 Å². The molecule has 1 atom stereocenters. The van der Waals surface area contributed by atoms with Crippen LogP contribution in [0.1, 0.15) is 13.8 Å². The van der Waals surface area contributed by atoms with Crippen LogP contribution >= 0.6 is 11.6 Å². The molecular formula is C9H13ClN2O2S. The monoisotopic (exact) mass is 248 g/mol. The molecule has 1 aromatic rings. The number of hydrogen-bond donors (Lipinski definition) is 2. The predicted octanol–water partition coefficient (Wildman–Crippen LogP) is 1.12. The highest BCUT2D eigenvalue weighted by atomic mass is 35.5. The summed E-state index contributed by atoms with van der Waals surface area (Å²) in [6, 6.07) is 3.29. The van der Waals surface area contributed by atoms with E-state index < -0.39 is 16.6 Å². The highest BCUT2D eigenvalue weighted by Gasteiger charge is 2.15. The number of halogens is 1. The molecule has 0 spiro atoms. The van der Waals surface area contributed by atoms with Crippen molar-refractivity contribution in [3.05, 3.63) is 23.5 Å². The predicted molar refractivity (Wildman–Crippen MR) is 60.0 cm³/mol. The Kier molecular flexibility index (Phi) is 4.21. The molecule has 0 fully saturated rings. The fourth-order valence-electron chi connectivity index (χ4n) is 0.829. The molecular weight excluding hydrogens is 236 g/mol. The normalized spacial score (nSPS) is 13.9. The molecule has 15 heavy (non-hydrogen) atoms. The second-order valence-corrected chi connectivity index (χ2v) is 5.32. The highest BCUT2D eigenvalue weighted by Crippen LogP contribution is 2.14. The second-order valence-electron chi connectivity index (χ2n) is 3.69. The minimum Gasteiger partial charge on any atom is -0.389 e. The number of aliphatic hydroxyl groups is 1. The lowest BCUT2D eigenvalue weighted by Gasteiger charge is -2.17. The molecule has 0 bridgehead atoms. The van der Waals surface area contributed by atoms with Crippen LogP contribution in [0.5, 0.6) is 0 Å². The third-order valence-electron chi connectivity index (χ3n) is 1.56. The van der Waals surface area contributed by atoms with Crippen molar-refractivity contribution in [1.82, 2.24) is 9.71 Å². The van der Waals surface area contributed by atoms with Crippen molar-refractivity contribution in [3.8, 4) is 0 Å². The molecule has 0 aliphatic heterocycles. The average molecular weight is 249 g/mol. The van der Waals surface area contributed by atoms with Crippen LogP contribution in [0.15, 0.2) is 23.2 Å². The molecule has 0 amide bonds. The van der Waals surface area contributed by atoms with Gasteiger partial charge < -0.3 is 5.11 Å². The lowest BCUT2D eigenvalue weighted by molar-refractivity contribution is 0.0861. The molecule has 1 unspecified atom stereocenters. The smallest absolute Gasteiger partial charge is 0.146 e. The summed E-state index contributed by atoms with van der Waals surface area (Å²) < 4.78 is 14.4. The SMILES string of the molecule is CC(C)(O)CNS(=O)c1cccnc1Cl. The van der Waals surface area contributed by atoms with E-state index in [1.165, 1.54) is 6.20 Å². The molecule has 0 saturated carbocycles. The van der Waals surface area contributed by atoms with E-state index >= 15 is 0 Å². The second kappa shape index (κ2) is 5.03. The largest absolute Gasteiger partial charge is 0.389 e. The molecule has 1 heterocycles. The number of aromatic nitrogens is 1. The summed E-state index contributed by atoms with van der Waals surface area (Å²) in [6.07, 6.45) is 1.53. The minimum atomic E-state index is -1.45. The molecule has 6 heteroatoms. The van der Waals surface area contributed by atoms with Gasteiger partial charge in [-0.25, -0.2) is 13.9 Å². The number of pyridine rings is 1. The summed E-state index contributed by atoms with van der Waals surface area (Å²) in [6.45, 7) is 3.47. The van der Waals surface area contributed by atoms with Gasteiger partial charge in [0, 0.05) is 12.7 Å². The summed E-state index contributed by atoms with van der Waals surface area (Å²) in [7, 11) is -1.45. The molecule has 0 aromatic carbocycles. The van der Waals surface area contributed by atoms with Gasteiger partial charge in [-0.05, 0) is 26.0 Å². The number of nitrogens with one attached hydrogen (secondary N) is 1. The van der Waals surface area contributed by atoms with E-state index in [-0.39, 0.29) is 11.7 Å². The standard InChI is InChI=1S/C9H13ClN2O2S/c1-9(2,13)6-12-15(14)7-4-3-5-11-8(7)10/h3-5,12-13H,6H2,1-2H3. The molecule has 0 radical (unpaired) electrons. The Labute approximate surface area is 96.3 Å². The fraction of sp³-hybridized carbons (Fsp3) is 0.444. The summed E-state index contributed by atoms with van der Waals surface area (Å²) in [5.41, 5.74) is -0.912. The van der Waals surface area contributed by atoms with Gasteiger partial charge in [-0.15, -0.1) is 0 Å². The number of rotatable bonds is 4. The van der Waals surface area contributed by atoms with Crippen molar-refractivity contribution in [2.24, 2.45) is 0 Å². The van der Waals surface area contributed by atoms with E-state index in [1.807, 2.05) is 0 Å². The highest BCUT2D eigenvalue weighted by molar-refractivity contribution is 7.83. The van der Waals surface area contributed by atoms with Gasteiger partial charge in [-0.2, -0.15) is 0 Å². The number of nitrogens with zero attached hydrogens (tertiary/aromatic N) is 1. The Morgan fingerprint density at radius 3 is 2.87 bits per heavy atom. The van der Waals surface area contributed by atoms with Gasteiger partial charge in [-0.3, -0.25) is 0 Å². The maximum absolute atomic E-state index is 11.7. The molecule has 0 aliphatic rings. The number of hydrogen-bond acceptors (Lipinski definition) is 3. The zero-order valence-electron chi connectivity index (χ0n) is 8.53. The van der Waals surface area contributed by atoms with Crippen molar-refractivity contribution >= 4 is 22.6 Å². The van der Waals surface area contributed by atoms with Gasteiger partial charge in [0.1, 0.15) is 16.1 Å². The van der Waals surface area contributed by atoms with Gasteiger partial charge in [-0.1, -0.05) is 11.6 Å². The van der Waals surface area contributed by atoms with Gasteiger partial charge >= 0.3 is 0 Å². The van der Waals surface area contributed by atoms with Crippen LogP contribution in [0.25, 0.3) is 0 Å². The van der Waals surface area contributed by atoms with Crippen molar-refractivity contribution in [1.29, 1.82) is 0 Å². The maximum Gasteiger partial charge on any atom is 0.146 e. The van der Waals surface area contributed by atoms with E-state index in [0.29, 0.717) is 4.90 Å². The first-order valence-corrected chi connectivity index (χ1v) is 5.91. The minimum absolute atomic E-state index is 0.207. The Morgan fingerprint density at radius 2 is 2.33 bits per heavy atom. The van der Waals surface area contributed by atoms with Crippen molar-refractivity contribution in [2.75, 3.05) is 6.54 Å². The lowest BCUT2D eigenvalue weighted by Crippen LogP contribution is -2.35. The van der Waals surface area contributed by atoms with Crippen LogP contribution in [-0.2, 0) is 11.0 Å². The zero-order valence-corrected chi connectivity index (χ0v) is 10.1. The van der Waals surface area contributed by atoms with Gasteiger partial charge in [0.2, 0.25) is 0 Å². The third-order valence-corrected chi connectivity index (χ3v) is 3.11. The summed E-state index contributed by atoms with van der Waals surface area (Å²) >= 11 is 5.76. The van der Waals surface area contributed by atoms with Crippen LogP contribution in [0.4, 0.5) is 0 Å². The molecule has 1 rings (SSSR count). The maximum atomic E-state index is 11.7. The van der Waals surface area contributed by atoms with E-state index in [2.05, 4.69) is 9.71 Å². The van der Waals surface area contributed by atoms with Crippen LogP contribution in [0, 0.1) is 0 Å². The van der Waals surface area contributed by atoms with Crippen LogP contribution < -0.4 is 4.72 Å². The van der Waals surface area contributed by atoms with Crippen molar-refractivity contribution in [3.63, 3.8) is 0 Å². The van der Waals surface area contributed by atoms with E-state index in [0.717, 1.165) is 0 Å². The first-order chi connectivity index (χ1) is 6.90. The Bertz CT molecular complexity index is 365. The van der Waals surface area contributed by atoms with E-state index in [9.17, 15) is 9.32 Å². The third kappa shape index (κ3) is 4.25. The summed E-state index contributed by atoms with van der Waals surface area (Å²) in [4.78, 5) is 4.23. The quantitative estimate of drug-likeness (QED) is 0.785. The summed E-state index contributed by atoms with van der Waals surface area (Å²) in [5, 5.41) is 9.64. The van der Waals surface area contributed by atoms with Crippen LogP contribution in [-0.4, -0.2) is 26.4 Å². The molecule has 1 aromatic heterocycles. The Hall–Kier alpha value is -0.490. The van der Waals surface area contributed by atoms with Gasteiger partial charge in [0.15, 0.2) is 0 Å². The molecule has 2 N–H and O–H groups in total. The summed E-state index contributed by atoms with van der Waals surface area (Å²) in [5.74, 6) is 0. The van der Waals surface area contributed by atoms with Crippen molar-refractivity contribution in [2.45, 2.75) is 24.3 Å². The molecule has 84 valence electrons. The van der Waals surface area contributed by atoms with Crippen LogP contribution in [0.3, 0.4) is 0 Å². The zero-order chi connectivity index (χ0) is 11.5. The Morgan fingerprint density at radius 1 is 1.67 bits per heavy atom. The molecule has 0 aliphatic carbocycles. The van der Waals surface area contributed by atoms with Gasteiger partial charge in [0.25, 0.3) is 0 Å². The first kappa shape index (κ1) is 12.6. The van der Waals surface area contributed by atoms with E-state index in [1.54, 1.807) is 26.0 Å². The average Bonchev–Trinajstić information content (AvgIpc) is 2.14. The molecule has 4 nitrogen and oxygen atoms in total.